The molecule has 0 radical (unpaired) electrons. The number of piperidine rings is 1. The van der Waals surface area contributed by atoms with Crippen LogP contribution in [0.3, 0.4) is 0 Å². The molecule has 1 aliphatic heterocycles. The fraction of sp³-hybridized carbons (Fsp3) is 0.600. The number of nitrogens with two attached hydrogens (primary N) is 1. The van der Waals surface area contributed by atoms with E-state index in [9.17, 15) is 0 Å². The van der Waals surface area contributed by atoms with E-state index in [4.69, 9.17) is 17.3 Å². The molecule has 1 heterocycles. The van der Waals surface area contributed by atoms with Crippen LogP contribution in [0.25, 0.3) is 0 Å². The highest BCUT2D eigenvalue weighted by Gasteiger charge is 2.26. The van der Waals surface area contributed by atoms with Gasteiger partial charge in [-0.3, -0.25) is 4.90 Å². The van der Waals surface area contributed by atoms with Crippen LogP contribution in [0.5, 0.6) is 0 Å². The highest BCUT2D eigenvalue weighted by Crippen LogP contribution is 2.23. The molecule has 1 saturated heterocycles. The third-order valence-corrected chi connectivity index (χ3v) is 3.98. The molecule has 0 spiro atoms. The number of rotatable bonds is 3. The van der Waals surface area contributed by atoms with Crippen LogP contribution in [0.2, 0.25) is 5.02 Å². The van der Waals surface area contributed by atoms with Crippen LogP contribution in [-0.2, 0) is 6.42 Å². The summed E-state index contributed by atoms with van der Waals surface area (Å²) < 4.78 is 0. The fourth-order valence-corrected chi connectivity index (χ4v) is 3.06. The Kier molecular flexibility index (Phi) is 4.66. The Balaban J connectivity index is 2.00. The van der Waals surface area contributed by atoms with E-state index in [1.807, 2.05) is 12.1 Å². The van der Waals surface area contributed by atoms with Crippen molar-refractivity contribution in [3.63, 3.8) is 0 Å². The van der Waals surface area contributed by atoms with E-state index < -0.39 is 0 Å². The zero-order valence-electron chi connectivity index (χ0n) is 11.3. The third kappa shape index (κ3) is 3.71. The first-order valence-electron chi connectivity index (χ1n) is 6.78. The highest BCUT2D eigenvalue weighted by molar-refractivity contribution is 6.30. The maximum Gasteiger partial charge on any atom is 0.0408 e. The standard InChI is InChI=1S/C15H23ClN2/c1-11(2)18-9-13(8-15(17)10-18)6-12-4-3-5-14(16)7-12/h3-5,7,11,13,15H,6,8-10,17H2,1-2H3. The Bertz CT molecular complexity index is 392. The molecular formula is C15H23ClN2. The summed E-state index contributed by atoms with van der Waals surface area (Å²) in [5, 5.41) is 0.827. The van der Waals surface area contributed by atoms with Gasteiger partial charge in [0.05, 0.1) is 0 Å². The van der Waals surface area contributed by atoms with E-state index in [1.165, 1.54) is 5.56 Å². The second-order valence-electron chi connectivity index (χ2n) is 5.74. The van der Waals surface area contributed by atoms with Gasteiger partial charge in [-0.05, 0) is 50.3 Å². The van der Waals surface area contributed by atoms with Crippen molar-refractivity contribution < 1.29 is 0 Å². The van der Waals surface area contributed by atoms with Crippen molar-refractivity contribution in [1.29, 1.82) is 0 Å². The van der Waals surface area contributed by atoms with Crippen LogP contribution in [0.1, 0.15) is 25.8 Å². The Morgan fingerprint density at radius 1 is 1.39 bits per heavy atom. The molecule has 1 aromatic carbocycles. The monoisotopic (exact) mass is 266 g/mol. The minimum absolute atomic E-state index is 0.310. The van der Waals surface area contributed by atoms with E-state index >= 15 is 0 Å². The number of halogens is 1. The van der Waals surface area contributed by atoms with E-state index in [-0.39, 0.29) is 0 Å². The lowest BCUT2D eigenvalue weighted by Gasteiger charge is -2.38. The van der Waals surface area contributed by atoms with Crippen LogP contribution < -0.4 is 5.73 Å². The van der Waals surface area contributed by atoms with Gasteiger partial charge in [-0.2, -0.15) is 0 Å². The molecular weight excluding hydrogens is 244 g/mol. The van der Waals surface area contributed by atoms with Gasteiger partial charge in [0, 0.05) is 30.2 Å². The number of benzene rings is 1. The zero-order chi connectivity index (χ0) is 13.1. The quantitative estimate of drug-likeness (QED) is 0.912. The van der Waals surface area contributed by atoms with Gasteiger partial charge in [0.25, 0.3) is 0 Å². The maximum absolute atomic E-state index is 6.17. The van der Waals surface area contributed by atoms with Gasteiger partial charge in [0.2, 0.25) is 0 Å². The van der Waals surface area contributed by atoms with E-state index in [0.717, 1.165) is 31.0 Å². The van der Waals surface area contributed by atoms with Crippen LogP contribution in [0.4, 0.5) is 0 Å². The lowest BCUT2D eigenvalue weighted by atomic mass is 9.88. The SMILES string of the molecule is CC(C)N1CC(N)CC(Cc2cccc(Cl)c2)C1. The molecule has 1 aromatic rings. The minimum atomic E-state index is 0.310. The third-order valence-electron chi connectivity index (χ3n) is 3.74. The highest BCUT2D eigenvalue weighted by atomic mass is 35.5. The van der Waals surface area contributed by atoms with Gasteiger partial charge in [0.15, 0.2) is 0 Å². The summed E-state index contributed by atoms with van der Waals surface area (Å²) in [5.74, 6) is 0.648. The summed E-state index contributed by atoms with van der Waals surface area (Å²) in [5.41, 5.74) is 7.49. The van der Waals surface area contributed by atoms with Crippen LogP contribution in [-0.4, -0.2) is 30.1 Å². The Hall–Kier alpha value is -0.570. The second kappa shape index (κ2) is 6.05. The molecule has 0 aliphatic carbocycles. The topological polar surface area (TPSA) is 29.3 Å². The molecule has 0 bridgehead atoms. The van der Waals surface area contributed by atoms with Gasteiger partial charge in [-0.25, -0.2) is 0 Å². The zero-order valence-corrected chi connectivity index (χ0v) is 12.0. The van der Waals surface area contributed by atoms with Crippen LogP contribution in [0, 0.1) is 5.92 Å². The largest absolute Gasteiger partial charge is 0.327 e. The summed E-state index contributed by atoms with van der Waals surface area (Å²) in [6.07, 6.45) is 2.20. The van der Waals surface area contributed by atoms with Crippen LogP contribution in [0.15, 0.2) is 24.3 Å². The molecule has 2 nitrogen and oxygen atoms in total. The van der Waals surface area contributed by atoms with E-state index in [0.29, 0.717) is 18.0 Å². The fourth-order valence-electron chi connectivity index (χ4n) is 2.85. The number of likely N-dealkylation sites (tertiary alicyclic amines) is 1. The van der Waals surface area contributed by atoms with Crippen molar-refractivity contribution in [2.75, 3.05) is 13.1 Å². The molecule has 2 rings (SSSR count). The van der Waals surface area contributed by atoms with Crippen LogP contribution >= 0.6 is 11.6 Å². The summed E-state index contributed by atoms with van der Waals surface area (Å²) in [4.78, 5) is 2.49. The molecule has 0 aromatic heterocycles. The van der Waals surface area contributed by atoms with Crippen molar-refractivity contribution in [2.24, 2.45) is 11.7 Å². The Morgan fingerprint density at radius 3 is 2.83 bits per heavy atom. The number of hydrogen-bond donors (Lipinski definition) is 1. The molecule has 3 heteroatoms. The van der Waals surface area contributed by atoms with Crippen molar-refractivity contribution in [1.82, 2.24) is 4.90 Å². The van der Waals surface area contributed by atoms with Gasteiger partial charge < -0.3 is 5.73 Å². The van der Waals surface area contributed by atoms with Gasteiger partial charge in [-0.1, -0.05) is 23.7 Å². The molecule has 0 amide bonds. The maximum atomic E-state index is 6.17. The molecule has 2 atom stereocenters. The molecule has 2 unspecified atom stereocenters. The molecule has 2 N–H and O–H groups in total. The second-order valence-corrected chi connectivity index (χ2v) is 6.18. The number of hydrogen-bond acceptors (Lipinski definition) is 2. The Morgan fingerprint density at radius 2 is 2.17 bits per heavy atom. The smallest absolute Gasteiger partial charge is 0.0408 e. The Labute approximate surface area is 115 Å². The first-order chi connectivity index (χ1) is 8.54. The molecule has 1 aliphatic rings. The normalized spacial score (nSPS) is 25.6. The van der Waals surface area contributed by atoms with Gasteiger partial charge in [-0.15, -0.1) is 0 Å². The predicted molar refractivity (Wildman–Crippen MR) is 77.9 cm³/mol. The lowest BCUT2D eigenvalue weighted by molar-refractivity contribution is 0.124. The average Bonchev–Trinajstić information content (AvgIpc) is 2.28. The summed E-state index contributed by atoms with van der Waals surface area (Å²) >= 11 is 6.04. The summed E-state index contributed by atoms with van der Waals surface area (Å²) in [6.45, 7) is 6.67. The summed E-state index contributed by atoms with van der Waals surface area (Å²) in [7, 11) is 0. The van der Waals surface area contributed by atoms with Crippen molar-refractivity contribution in [3.8, 4) is 0 Å². The minimum Gasteiger partial charge on any atom is -0.327 e. The first-order valence-corrected chi connectivity index (χ1v) is 7.16. The average molecular weight is 267 g/mol. The molecule has 100 valence electrons. The van der Waals surface area contributed by atoms with Crippen molar-refractivity contribution in [3.05, 3.63) is 34.9 Å². The molecule has 0 saturated carbocycles. The van der Waals surface area contributed by atoms with E-state index in [1.54, 1.807) is 0 Å². The lowest BCUT2D eigenvalue weighted by Crippen LogP contribution is -2.50. The molecule has 18 heavy (non-hydrogen) atoms. The first kappa shape index (κ1) is 13.9. The van der Waals surface area contributed by atoms with E-state index in [2.05, 4.69) is 30.9 Å². The van der Waals surface area contributed by atoms with Gasteiger partial charge >= 0.3 is 0 Å². The van der Waals surface area contributed by atoms with Crippen molar-refractivity contribution >= 4 is 11.6 Å². The van der Waals surface area contributed by atoms with Gasteiger partial charge in [0.1, 0.15) is 0 Å². The summed E-state index contributed by atoms with van der Waals surface area (Å²) in [6, 6.07) is 9.08. The number of nitrogens with zero attached hydrogens (tertiary/aromatic N) is 1. The predicted octanol–water partition coefficient (Wildman–Crippen LogP) is 2.94. The van der Waals surface area contributed by atoms with Crippen molar-refractivity contribution in [2.45, 2.75) is 38.8 Å². The molecule has 1 fully saturated rings.